The van der Waals surface area contributed by atoms with Gasteiger partial charge in [0.1, 0.15) is 37.3 Å². The smallest absolute Gasteiger partial charge is 0.486 e. The van der Waals surface area contributed by atoms with Gasteiger partial charge in [-0.1, -0.05) is 70.5 Å². The summed E-state index contributed by atoms with van der Waals surface area (Å²) in [5.74, 6) is 1.87. The Hall–Kier alpha value is -6.08. The van der Waals surface area contributed by atoms with Crippen LogP contribution < -0.4 is 47.0 Å². The number of nitrogens with one attached hydrogen (secondary N) is 3. The van der Waals surface area contributed by atoms with E-state index in [0.29, 0.717) is 42.6 Å². The third-order valence-electron chi connectivity index (χ3n) is 13.9. The molecule has 4 aliphatic heterocycles. The van der Waals surface area contributed by atoms with Gasteiger partial charge in [0.15, 0.2) is 19.0 Å². The second-order valence-electron chi connectivity index (χ2n) is 24.2. The second kappa shape index (κ2) is 31.7. The van der Waals surface area contributed by atoms with Gasteiger partial charge >= 0.3 is 7.12 Å². The maximum Gasteiger partial charge on any atom is 0.494 e. The number of hydrogen-bond acceptors (Lipinski definition) is 13. The third-order valence-corrected chi connectivity index (χ3v) is 18.1. The van der Waals surface area contributed by atoms with E-state index in [1.165, 1.54) is 0 Å². The molecule has 4 aliphatic rings. The molecule has 1 fully saturated rings. The Kier molecular flexibility index (Phi) is 26.1. The Balaban J connectivity index is 0.000000208. The van der Waals surface area contributed by atoms with E-state index in [2.05, 4.69) is 77.8 Å². The van der Waals surface area contributed by atoms with Crippen LogP contribution >= 0.6 is 15.9 Å². The summed E-state index contributed by atoms with van der Waals surface area (Å²) < 4.78 is 43.2. The molecule has 23 heteroatoms. The number of fused-ring (bicyclic) bond motifs is 3. The van der Waals surface area contributed by atoms with Crippen molar-refractivity contribution in [2.75, 3.05) is 43.7 Å². The molecule has 1 radical (unpaired) electrons. The van der Waals surface area contributed by atoms with Crippen molar-refractivity contribution in [3.05, 3.63) is 156 Å². The number of H-pyrrole nitrogens is 1. The number of Topliss-reactive ketones (excluding diaryl/α,β-unsaturated/α-hetero) is 1. The Labute approximate surface area is 527 Å². The monoisotopic (exact) mass is 1310 g/mol. The quantitative estimate of drug-likeness (QED) is 0.0558. The number of ketones is 1. The van der Waals surface area contributed by atoms with Crippen LogP contribution in [0.1, 0.15) is 56.4 Å². The fourth-order valence-corrected chi connectivity index (χ4v) is 10.5. The van der Waals surface area contributed by atoms with E-state index in [0.717, 1.165) is 85.3 Å². The molecule has 3 aromatic heterocycles. The van der Waals surface area contributed by atoms with Crippen molar-refractivity contribution in [2.24, 2.45) is 0 Å². The summed E-state index contributed by atoms with van der Waals surface area (Å²) >= 11 is 3.41. The average Bonchev–Trinajstić information content (AvgIpc) is 1.86. The van der Waals surface area contributed by atoms with Crippen LogP contribution in [0.4, 0.5) is 11.4 Å². The minimum atomic E-state index is -1.16. The molecular weight excluding hydrogens is 1230 g/mol. The average molecular weight is 1320 g/mol. The van der Waals surface area contributed by atoms with Crippen LogP contribution in [0.15, 0.2) is 110 Å². The number of aryl methyl sites for hydroxylation is 3. The number of anilines is 2. The van der Waals surface area contributed by atoms with E-state index in [4.69, 9.17) is 33.0 Å². The normalized spacial score (nSPS) is 15.4. The Bertz CT molecular complexity index is 3530. The predicted molar refractivity (Wildman–Crippen MR) is 345 cm³/mol. The number of benzene rings is 3. The first-order valence-corrected chi connectivity index (χ1v) is 36.7. The van der Waals surface area contributed by atoms with E-state index in [1.807, 2.05) is 109 Å². The van der Waals surface area contributed by atoms with Crippen molar-refractivity contribution in [1.29, 1.82) is 0 Å². The molecule has 10 rings (SSSR count). The summed E-state index contributed by atoms with van der Waals surface area (Å²) in [6, 6.07) is 23.9. The summed E-state index contributed by atoms with van der Waals surface area (Å²) in [7, 11) is -2.58. The molecule has 18 nitrogen and oxygen atoms in total. The molecule has 0 spiro atoms. The van der Waals surface area contributed by atoms with Gasteiger partial charge in [-0.25, -0.2) is 0 Å². The fourth-order valence-electron chi connectivity index (χ4n) is 8.62. The fraction of sp³-hybridized carbons (Fsp3) is 0.413. The SMILES string of the molecule is CC1OB(c2ccc3c(c2)CC(=O)CO3)OC1(C)C.Cc1cc(=O)[nH]cc1-c1ccc2c(c1)NC(=O)CO2.Cc1cc(=O)n(COCC[Si](C)(C)C)cc1-c1ccc2c(c1)NC(=O)CO2.Cc1cc(=O)n(COCC[Si](C)(C)C)cc1Br.[CH2-]CC.[V]. The molecule has 2 amide bonds. The van der Waals surface area contributed by atoms with Gasteiger partial charge in [0.2, 0.25) is 5.56 Å². The summed E-state index contributed by atoms with van der Waals surface area (Å²) in [5, 5.41) is 5.58. The molecule has 1 unspecified atom stereocenters. The number of aromatic nitrogens is 3. The molecule has 3 aromatic carbocycles. The largest absolute Gasteiger partial charge is 0.494 e. The standard InChI is InChI=1S/C20H26N2O4Si.C14H17BO4.C14H12N2O3.C12H20BrNO2Si.C3H7.V/c1-14-9-20(24)22(13-25-7-8-27(2,3)4)11-16(14)15-5-6-18-17(10-15)21-19(23)12-26-18;1-9-14(2,3)19-15(18-9)11-4-5-13-10(6-11)7-12(16)8-17-13;1-8-4-13(17)15-6-10(8)9-2-3-12-11(5-9)16-14(18)7-19-12;1-10-7-12(15)14(8-11(10)13)9-16-5-6-17(2,3)4;1-3-2;/h5-6,9-11H,7-8,12-13H2,1-4H3,(H,21,23);4-6,9H,7-8H2,1-3H3;2-6H,7H2,1H3,(H,15,17)(H,16,18);7-8H,5-6,9H2,1-4H3;1,3H2,2H3;/q;;;;-1;. The molecule has 6 aromatic rings. The van der Waals surface area contributed by atoms with Gasteiger partial charge in [-0.3, -0.25) is 37.9 Å². The van der Waals surface area contributed by atoms with Gasteiger partial charge in [-0.15, -0.1) is 0 Å². The topological polar surface area (TPSA) is 217 Å². The number of aromatic amines is 1. The summed E-state index contributed by atoms with van der Waals surface area (Å²) in [6.07, 6.45) is 6.73. The van der Waals surface area contributed by atoms with Gasteiger partial charge in [0.05, 0.1) is 23.1 Å². The van der Waals surface area contributed by atoms with Crippen molar-refractivity contribution >= 4 is 73.6 Å². The number of carbonyl (C=O) groups is 3. The van der Waals surface area contributed by atoms with E-state index >= 15 is 0 Å². The van der Waals surface area contributed by atoms with Crippen LogP contribution in [0.2, 0.25) is 51.4 Å². The zero-order valence-electron chi connectivity index (χ0n) is 51.8. The third kappa shape index (κ3) is 21.1. The van der Waals surface area contributed by atoms with Crippen LogP contribution in [-0.2, 0) is 71.6 Å². The number of halogens is 1. The van der Waals surface area contributed by atoms with Crippen LogP contribution in [0.3, 0.4) is 0 Å². The predicted octanol–water partition coefficient (Wildman–Crippen LogP) is 10.7. The molecule has 461 valence electrons. The summed E-state index contributed by atoms with van der Waals surface area (Å²) in [4.78, 5) is 72.1. The van der Waals surface area contributed by atoms with Crippen LogP contribution in [0.25, 0.3) is 22.3 Å². The zero-order chi connectivity index (χ0) is 62.4. The van der Waals surface area contributed by atoms with E-state index < -0.39 is 16.1 Å². The number of carbonyl (C=O) groups excluding carboxylic acids is 3. The molecule has 86 heavy (non-hydrogen) atoms. The van der Waals surface area contributed by atoms with Crippen molar-refractivity contribution < 1.29 is 65.9 Å². The summed E-state index contributed by atoms with van der Waals surface area (Å²) in [6.45, 7) is 33.3. The molecular formula is C63H82BBrN5O13Si2V-. The van der Waals surface area contributed by atoms with Crippen LogP contribution in [0.5, 0.6) is 17.2 Å². The van der Waals surface area contributed by atoms with E-state index in [9.17, 15) is 28.8 Å². The second-order valence-corrected chi connectivity index (χ2v) is 36.3. The molecule has 0 saturated carbocycles. The number of amides is 2. The molecule has 0 aliphatic carbocycles. The first-order chi connectivity index (χ1) is 40.0. The van der Waals surface area contributed by atoms with Gasteiger partial charge in [-0.05, 0) is 133 Å². The molecule has 1 atom stereocenters. The van der Waals surface area contributed by atoms with E-state index in [1.54, 1.807) is 39.7 Å². The minimum absolute atomic E-state index is 0. The van der Waals surface area contributed by atoms with E-state index in [-0.39, 0.29) is 98.2 Å². The van der Waals surface area contributed by atoms with Gasteiger partial charge in [0.25, 0.3) is 22.9 Å². The number of nitrogens with zero attached hydrogens (tertiary/aromatic N) is 2. The van der Waals surface area contributed by atoms with Gasteiger partial charge in [-0.2, -0.15) is 6.42 Å². The number of hydrogen-bond donors (Lipinski definition) is 3. The van der Waals surface area contributed by atoms with Gasteiger partial charge in [0, 0.05) is 112 Å². The Morgan fingerprint density at radius 3 is 1.67 bits per heavy atom. The molecule has 0 bridgehead atoms. The van der Waals surface area contributed by atoms with Gasteiger partial charge < -0.3 is 55.5 Å². The minimum Gasteiger partial charge on any atom is -0.486 e. The first kappa shape index (κ1) is 70.7. The molecule has 1 saturated heterocycles. The molecule has 7 heterocycles. The molecule has 3 N–H and O–H groups in total. The van der Waals surface area contributed by atoms with Crippen LogP contribution in [-0.4, -0.2) is 99.7 Å². The van der Waals surface area contributed by atoms with Crippen molar-refractivity contribution in [3.63, 3.8) is 0 Å². The maximum atomic E-state index is 12.3. The van der Waals surface area contributed by atoms with Crippen molar-refractivity contribution in [1.82, 2.24) is 14.1 Å². The number of ether oxygens (including phenoxy) is 5. The zero-order valence-corrected chi connectivity index (χ0v) is 56.8. The summed E-state index contributed by atoms with van der Waals surface area (Å²) in [5.41, 5.74) is 9.00. The Morgan fingerprint density at radius 1 is 0.674 bits per heavy atom. The van der Waals surface area contributed by atoms with Crippen LogP contribution in [0, 0.1) is 27.7 Å². The number of pyridine rings is 3. The van der Waals surface area contributed by atoms with Crippen molar-refractivity contribution in [2.45, 2.75) is 138 Å². The number of rotatable bonds is 13. The Morgan fingerprint density at radius 2 is 1.16 bits per heavy atom. The first-order valence-electron chi connectivity index (χ1n) is 28.5. The van der Waals surface area contributed by atoms with Crippen molar-refractivity contribution in [3.8, 4) is 39.5 Å². The maximum absolute atomic E-state index is 12.3.